The van der Waals surface area contributed by atoms with Gasteiger partial charge in [0.05, 0.1) is 5.75 Å². The van der Waals surface area contributed by atoms with Gasteiger partial charge in [-0.25, -0.2) is 9.97 Å². The van der Waals surface area contributed by atoms with Crippen LogP contribution < -0.4 is 5.32 Å². The predicted octanol–water partition coefficient (Wildman–Crippen LogP) is 3.03. The number of rotatable bonds is 6. The van der Waals surface area contributed by atoms with Crippen molar-refractivity contribution in [2.75, 3.05) is 18.1 Å². The van der Waals surface area contributed by atoms with Crippen molar-refractivity contribution in [2.24, 2.45) is 0 Å². The van der Waals surface area contributed by atoms with Crippen molar-refractivity contribution in [3.8, 4) is 0 Å². The molecule has 1 rings (SSSR count). The van der Waals surface area contributed by atoms with E-state index in [-0.39, 0.29) is 0 Å². The second-order valence-corrected chi connectivity index (χ2v) is 4.64. The Bertz CT molecular complexity index is 339. The van der Waals surface area contributed by atoms with E-state index < -0.39 is 0 Å². The molecule has 0 amide bonds. The van der Waals surface area contributed by atoms with Crippen molar-refractivity contribution in [3.05, 3.63) is 17.1 Å². The van der Waals surface area contributed by atoms with E-state index >= 15 is 0 Å². The second kappa shape index (κ2) is 6.74. The summed E-state index contributed by atoms with van der Waals surface area (Å²) < 4.78 is 0. The fraction of sp³-hybridized carbons (Fsp3) is 0.667. The van der Waals surface area contributed by atoms with Crippen LogP contribution >= 0.6 is 11.8 Å². The van der Waals surface area contributed by atoms with Gasteiger partial charge >= 0.3 is 0 Å². The fourth-order valence-corrected chi connectivity index (χ4v) is 1.95. The maximum absolute atomic E-state index is 4.58. The summed E-state index contributed by atoms with van der Waals surface area (Å²) in [5.41, 5.74) is 2.36. The number of aromatic nitrogens is 2. The van der Waals surface area contributed by atoms with Gasteiger partial charge in [0.15, 0.2) is 0 Å². The topological polar surface area (TPSA) is 37.8 Å². The lowest BCUT2D eigenvalue weighted by Gasteiger charge is -2.12. The Morgan fingerprint density at radius 3 is 2.56 bits per heavy atom. The maximum Gasteiger partial charge on any atom is 0.140 e. The quantitative estimate of drug-likeness (QED) is 0.828. The molecule has 0 saturated carbocycles. The van der Waals surface area contributed by atoms with E-state index in [4.69, 9.17) is 0 Å². The second-order valence-electron chi connectivity index (χ2n) is 3.77. The molecule has 0 bridgehead atoms. The van der Waals surface area contributed by atoms with Crippen molar-refractivity contribution in [3.63, 3.8) is 0 Å². The smallest absolute Gasteiger partial charge is 0.140 e. The van der Waals surface area contributed by atoms with Crippen molar-refractivity contribution in [2.45, 2.75) is 39.4 Å². The molecular weight excluding hydrogens is 218 g/mol. The van der Waals surface area contributed by atoms with Gasteiger partial charge in [0.2, 0.25) is 0 Å². The Morgan fingerprint density at radius 1 is 1.25 bits per heavy atom. The minimum Gasteiger partial charge on any atom is -0.370 e. The fourth-order valence-electron chi connectivity index (χ4n) is 1.57. The van der Waals surface area contributed by atoms with Crippen molar-refractivity contribution in [1.82, 2.24) is 9.97 Å². The number of nitrogens with zero attached hydrogens (tertiary/aromatic N) is 2. The summed E-state index contributed by atoms with van der Waals surface area (Å²) in [4.78, 5) is 9.14. The predicted molar refractivity (Wildman–Crippen MR) is 72.1 cm³/mol. The van der Waals surface area contributed by atoms with Crippen LogP contribution in [0, 0.1) is 6.92 Å². The van der Waals surface area contributed by atoms with Crippen molar-refractivity contribution >= 4 is 17.6 Å². The minimum absolute atomic E-state index is 0.883. The number of hydrogen-bond acceptors (Lipinski definition) is 4. The molecule has 0 aliphatic heterocycles. The highest BCUT2D eigenvalue weighted by Gasteiger charge is 2.08. The lowest BCUT2D eigenvalue weighted by molar-refractivity contribution is 0.899. The summed E-state index contributed by atoms with van der Waals surface area (Å²) in [6, 6.07) is 0. The minimum atomic E-state index is 0.883. The first-order valence-corrected chi connectivity index (χ1v) is 7.21. The van der Waals surface area contributed by atoms with Gasteiger partial charge in [0.25, 0.3) is 0 Å². The lowest BCUT2D eigenvalue weighted by atomic mass is 10.2. The van der Waals surface area contributed by atoms with Crippen LogP contribution in [-0.4, -0.2) is 22.8 Å². The molecule has 1 heterocycles. The van der Waals surface area contributed by atoms with E-state index in [9.17, 15) is 0 Å². The zero-order valence-corrected chi connectivity index (χ0v) is 11.4. The Labute approximate surface area is 102 Å². The average molecular weight is 239 g/mol. The standard InChI is InChI=1S/C12H21N3S/c1-5-7-13-12-9(3)10(6-2)14-11(15-12)8-16-4/h5-8H2,1-4H3,(H,13,14,15). The highest BCUT2D eigenvalue weighted by Crippen LogP contribution is 2.17. The van der Waals surface area contributed by atoms with Gasteiger partial charge < -0.3 is 5.32 Å². The molecule has 1 aromatic heterocycles. The summed E-state index contributed by atoms with van der Waals surface area (Å²) in [6.07, 6.45) is 4.16. The van der Waals surface area contributed by atoms with Crippen molar-refractivity contribution in [1.29, 1.82) is 0 Å². The number of nitrogens with one attached hydrogen (secondary N) is 1. The first-order valence-electron chi connectivity index (χ1n) is 5.82. The molecule has 0 radical (unpaired) electrons. The largest absolute Gasteiger partial charge is 0.370 e. The Morgan fingerprint density at radius 2 is 2.00 bits per heavy atom. The molecule has 3 nitrogen and oxygen atoms in total. The maximum atomic E-state index is 4.58. The summed E-state index contributed by atoms with van der Waals surface area (Å²) in [5, 5.41) is 3.38. The van der Waals surface area contributed by atoms with Crippen LogP contribution in [0.5, 0.6) is 0 Å². The molecule has 1 N–H and O–H groups in total. The number of hydrogen-bond donors (Lipinski definition) is 1. The van der Waals surface area contributed by atoms with E-state index in [1.54, 1.807) is 11.8 Å². The first-order chi connectivity index (χ1) is 7.72. The van der Waals surface area contributed by atoms with Crippen LogP contribution in [0.15, 0.2) is 0 Å². The van der Waals surface area contributed by atoms with Crippen LogP contribution in [0.2, 0.25) is 0 Å². The first kappa shape index (κ1) is 13.3. The third kappa shape index (κ3) is 3.37. The number of aryl methyl sites for hydroxylation is 1. The molecule has 16 heavy (non-hydrogen) atoms. The monoisotopic (exact) mass is 239 g/mol. The molecular formula is C12H21N3S. The van der Waals surface area contributed by atoms with Crippen LogP contribution in [0.3, 0.4) is 0 Å². The van der Waals surface area contributed by atoms with Gasteiger partial charge in [-0.05, 0) is 26.0 Å². The third-order valence-electron chi connectivity index (χ3n) is 2.44. The molecule has 90 valence electrons. The van der Waals surface area contributed by atoms with Crippen LogP contribution in [0.4, 0.5) is 5.82 Å². The SMILES string of the molecule is CCCNc1nc(CSC)nc(CC)c1C. The van der Waals surface area contributed by atoms with E-state index in [1.807, 2.05) is 0 Å². The average Bonchev–Trinajstić information content (AvgIpc) is 2.29. The summed E-state index contributed by atoms with van der Waals surface area (Å²) in [7, 11) is 0. The summed E-state index contributed by atoms with van der Waals surface area (Å²) in [5.74, 6) is 2.83. The molecule has 0 spiro atoms. The normalized spacial score (nSPS) is 10.5. The molecule has 0 aromatic carbocycles. The molecule has 0 aliphatic carbocycles. The highest BCUT2D eigenvalue weighted by atomic mass is 32.2. The van der Waals surface area contributed by atoms with Crippen LogP contribution in [0.1, 0.15) is 37.4 Å². The molecule has 0 aliphatic rings. The molecule has 1 aromatic rings. The summed E-state index contributed by atoms with van der Waals surface area (Å²) >= 11 is 1.76. The Hall–Kier alpha value is -0.770. The molecule has 0 fully saturated rings. The van der Waals surface area contributed by atoms with Crippen LogP contribution in [0.25, 0.3) is 0 Å². The van der Waals surface area contributed by atoms with Crippen LogP contribution in [-0.2, 0) is 12.2 Å². The zero-order valence-electron chi connectivity index (χ0n) is 10.6. The highest BCUT2D eigenvalue weighted by molar-refractivity contribution is 7.97. The van der Waals surface area contributed by atoms with Crippen molar-refractivity contribution < 1.29 is 0 Å². The lowest BCUT2D eigenvalue weighted by Crippen LogP contribution is -2.09. The molecule has 0 atom stereocenters. The summed E-state index contributed by atoms with van der Waals surface area (Å²) in [6.45, 7) is 7.37. The van der Waals surface area contributed by atoms with E-state index in [0.29, 0.717) is 0 Å². The number of thioether (sulfide) groups is 1. The third-order valence-corrected chi connectivity index (χ3v) is 2.99. The van der Waals surface area contributed by atoms with E-state index in [1.165, 1.54) is 5.56 Å². The van der Waals surface area contributed by atoms with Gasteiger partial charge in [0.1, 0.15) is 11.6 Å². The van der Waals surface area contributed by atoms with Gasteiger partial charge in [-0.1, -0.05) is 13.8 Å². The molecule has 0 unspecified atom stereocenters. The Balaban J connectivity index is 2.98. The van der Waals surface area contributed by atoms with Gasteiger partial charge in [-0.3, -0.25) is 0 Å². The van der Waals surface area contributed by atoms with Gasteiger partial charge in [0, 0.05) is 17.8 Å². The van der Waals surface area contributed by atoms with Gasteiger partial charge in [-0.15, -0.1) is 0 Å². The van der Waals surface area contributed by atoms with E-state index in [2.05, 4.69) is 42.3 Å². The van der Waals surface area contributed by atoms with E-state index in [0.717, 1.165) is 42.5 Å². The molecule has 4 heteroatoms. The van der Waals surface area contributed by atoms with Gasteiger partial charge in [-0.2, -0.15) is 11.8 Å². The zero-order chi connectivity index (χ0) is 12.0. The molecule has 0 saturated heterocycles. The number of anilines is 1. The Kier molecular flexibility index (Phi) is 5.60.